The number of carbonyl (C=O) groups excluding carboxylic acids is 1. The predicted octanol–water partition coefficient (Wildman–Crippen LogP) is 6.22. The zero-order chi connectivity index (χ0) is 24.6. The van der Waals surface area contributed by atoms with Gasteiger partial charge >= 0.3 is 6.09 Å². The van der Waals surface area contributed by atoms with Crippen molar-refractivity contribution in [2.75, 3.05) is 0 Å². The Morgan fingerprint density at radius 1 is 0.706 bits per heavy atom. The zero-order valence-electron chi connectivity index (χ0n) is 20.1. The number of hydrogen-bond acceptors (Lipinski definition) is 3. The highest BCUT2D eigenvalue weighted by atomic mass is 32.1. The van der Waals surface area contributed by atoms with E-state index >= 15 is 0 Å². The summed E-state index contributed by atoms with van der Waals surface area (Å²) in [5, 5.41) is 10.4. The van der Waals surface area contributed by atoms with E-state index in [1.807, 2.05) is 99.6 Å². The van der Waals surface area contributed by atoms with Crippen molar-refractivity contribution in [3.8, 4) is 0 Å². The van der Waals surface area contributed by atoms with Crippen LogP contribution in [0.3, 0.4) is 0 Å². The molecule has 3 atom stereocenters. The van der Waals surface area contributed by atoms with Crippen LogP contribution in [0.1, 0.15) is 62.5 Å². The molecule has 0 radical (unpaired) electrons. The van der Waals surface area contributed by atoms with Crippen molar-refractivity contribution in [2.45, 2.75) is 51.4 Å². The number of hydrogen-bond donors (Lipinski definition) is 3. The first-order valence-electron chi connectivity index (χ1n) is 11.4. The van der Waals surface area contributed by atoms with Gasteiger partial charge in [-0.3, -0.25) is 0 Å². The third kappa shape index (κ3) is 7.59. The predicted molar refractivity (Wildman–Crippen MR) is 141 cm³/mol. The van der Waals surface area contributed by atoms with Crippen LogP contribution >= 0.6 is 12.2 Å². The van der Waals surface area contributed by atoms with Crippen LogP contribution in [0, 0.1) is 0 Å². The Kier molecular flexibility index (Phi) is 8.66. The molecule has 0 saturated carbocycles. The molecule has 3 aromatic rings. The molecule has 0 heterocycles. The monoisotopic (exact) mass is 475 g/mol. The SMILES string of the molecule is C[C@H](NC(=S)N[C@@H](c1ccccc1)[C@@H](NC(=O)OC(C)(C)C)c1ccccc1)c1ccccc1. The maximum atomic E-state index is 12.8. The summed E-state index contributed by atoms with van der Waals surface area (Å²) in [4.78, 5) is 12.8. The molecule has 0 saturated heterocycles. The second kappa shape index (κ2) is 11.7. The van der Waals surface area contributed by atoms with Gasteiger partial charge in [-0.05, 0) is 56.6 Å². The molecule has 0 aromatic heterocycles. The first-order chi connectivity index (χ1) is 16.2. The number of rotatable bonds is 7. The summed E-state index contributed by atoms with van der Waals surface area (Å²) in [6.07, 6.45) is -0.486. The lowest BCUT2D eigenvalue weighted by Gasteiger charge is -2.32. The molecule has 3 N–H and O–H groups in total. The molecule has 3 rings (SSSR count). The average molecular weight is 476 g/mol. The summed E-state index contributed by atoms with van der Waals surface area (Å²) < 4.78 is 5.58. The fraction of sp³-hybridized carbons (Fsp3) is 0.286. The normalized spacial score (nSPS) is 13.8. The van der Waals surface area contributed by atoms with Gasteiger partial charge in [0.05, 0.1) is 18.1 Å². The second-order valence-corrected chi connectivity index (χ2v) is 9.58. The lowest BCUT2D eigenvalue weighted by Crippen LogP contribution is -2.45. The van der Waals surface area contributed by atoms with E-state index in [0.717, 1.165) is 16.7 Å². The lowest BCUT2D eigenvalue weighted by molar-refractivity contribution is 0.0493. The quantitative estimate of drug-likeness (QED) is 0.354. The molecule has 34 heavy (non-hydrogen) atoms. The number of alkyl carbamates (subject to hydrolysis) is 1. The summed E-state index contributed by atoms with van der Waals surface area (Å²) in [6, 6.07) is 29.2. The van der Waals surface area contributed by atoms with Crippen molar-refractivity contribution in [1.29, 1.82) is 0 Å². The van der Waals surface area contributed by atoms with Gasteiger partial charge < -0.3 is 20.7 Å². The minimum Gasteiger partial charge on any atom is -0.444 e. The van der Waals surface area contributed by atoms with E-state index in [-0.39, 0.29) is 12.1 Å². The number of benzene rings is 3. The van der Waals surface area contributed by atoms with Gasteiger partial charge in [0.25, 0.3) is 0 Å². The molecule has 0 spiro atoms. The molecule has 6 heteroatoms. The number of carbonyl (C=O) groups is 1. The molecule has 0 fully saturated rings. The van der Waals surface area contributed by atoms with E-state index in [1.54, 1.807) is 0 Å². The highest BCUT2D eigenvalue weighted by Crippen LogP contribution is 2.29. The Morgan fingerprint density at radius 3 is 1.56 bits per heavy atom. The Bertz CT molecular complexity index is 1050. The van der Waals surface area contributed by atoms with Crippen LogP contribution in [-0.4, -0.2) is 16.8 Å². The molecule has 0 unspecified atom stereocenters. The van der Waals surface area contributed by atoms with Gasteiger partial charge in [0.15, 0.2) is 5.11 Å². The minimum atomic E-state index is -0.608. The summed E-state index contributed by atoms with van der Waals surface area (Å²) in [6.45, 7) is 7.61. The van der Waals surface area contributed by atoms with Crippen LogP contribution in [0.5, 0.6) is 0 Å². The number of thiocarbonyl (C=S) groups is 1. The summed E-state index contributed by atoms with van der Waals surface area (Å²) in [5.74, 6) is 0. The molecular weight excluding hydrogens is 442 g/mol. The van der Waals surface area contributed by atoms with Crippen LogP contribution in [0.15, 0.2) is 91.0 Å². The van der Waals surface area contributed by atoms with Gasteiger partial charge in [0.1, 0.15) is 5.60 Å². The second-order valence-electron chi connectivity index (χ2n) is 9.17. The van der Waals surface area contributed by atoms with Crippen LogP contribution in [0.2, 0.25) is 0 Å². The van der Waals surface area contributed by atoms with Gasteiger partial charge in [0.2, 0.25) is 0 Å². The molecule has 0 aliphatic rings. The summed E-state index contributed by atoms with van der Waals surface area (Å²) in [5.41, 5.74) is 2.45. The van der Waals surface area contributed by atoms with Crippen molar-refractivity contribution < 1.29 is 9.53 Å². The largest absolute Gasteiger partial charge is 0.444 e. The fourth-order valence-electron chi connectivity index (χ4n) is 3.68. The first-order valence-corrected chi connectivity index (χ1v) is 11.8. The van der Waals surface area contributed by atoms with Crippen molar-refractivity contribution in [3.05, 3.63) is 108 Å². The minimum absolute atomic E-state index is 0.0200. The zero-order valence-corrected chi connectivity index (χ0v) is 20.9. The van der Waals surface area contributed by atoms with Crippen molar-refractivity contribution in [2.24, 2.45) is 0 Å². The number of ether oxygens (including phenoxy) is 1. The van der Waals surface area contributed by atoms with Crippen LogP contribution < -0.4 is 16.0 Å². The smallest absolute Gasteiger partial charge is 0.408 e. The van der Waals surface area contributed by atoms with Gasteiger partial charge in [-0.25, -0.2) is 4.79 Å². The van der Waals surface area contributed by atoms with E-state index in [9.17, 15) is 4.79 Å². The third-order valence-corrected chi connectivity index (χ3v) is 5.49. The molecular formula is C28H33N3O2S. The van der Waals surface area contributed by atoms with Gasteiger partial charge in [-0.2, -0.15) is 0 Å². The fourth-order valence-corrected chi connectivity index (χ4v) is 3.98. The van der Waals surface area contributed by atoms with Crippen molar-refractivity contribution in [1.82, 2.24) is 16.0 Å². The highest BCUT2D eigenvalue weighted by Gasteiger charge is 2.29. The Balaban J connectivity index is 1.89. The number of nitrogens with one attached hydrogen (secondary N) is 3. The van der Waals surface area contributed by atoms with Crippen molar-refractivity contribution >= 4 is 23.4 Å². The Morgan fingerprint density at radius 2 is 1.12 bits per heavy atom. The van der Waals surface area contributed by atoms with E-state index < -0.39 is 17.7 Å². The van der Waals surface area contributed by atoms with Gasteiger partial charge in [0, 0.05) is 0 Å². The molecule has 1 amide bonds. The molecule has 5 nitrogen and oxygen atoms in total. The van der Waals surface area contributed by atoms with E-state index in [1.165, 1.54) is 0 Å². The third-order valence-electron chi connectivity index (χ3n) is 5.26. The summed E-state index contributed by atoms with van der Waals surface area (Å²) in [7, 11) is 0. The Hall–Kier alpha value is -3.38. The average Bonchev–Trinajstić information content (AvgIpc) is 2.82. The highest BCUT2D eigenvalue weighted by molar-refractivity contribution is 7.80. The van der Waals surface area contributed by atoms with E-state index in [2.05, 4.69) is 35.0 Å². The Labute approximate surface area is 207 Å². The summed E-state index contributed by atoms with van der Waals surface area (Å²) >= 11 is 5.71. The van der Waals surface area contributed by atoms with Crippen LogP contribution in [-0.2, 0) is 4.74 Å². The maximum Gasteiger partial charge on any atom is 0.408 e. The van der Waals surface area contributed by atoms with E-state index in [0.29, 0.717) is 5.11 Å². The lowest BCUT2D eigenvalue weighted by atomic mass is 9.93. The van der Waals surface area contributed by atoms with Gasteiger partial charge in [-0.1, -0.05) is 91.0 Å². The maximum absolute atomic E-state index is 12.8. The number of amides is 1. The van der Waals surface area contributed by atoms with E-state index in [4.69, 9.17) is 17.0 Å². The first kappa shape index (κ1) is 25.2. The van der Waals surface area contributed by atoms with Crippen LogP contribution in [0.4, 0.5) is 4.79 Å². The van der Waals surface area contributed by atoms with Crippen LogP contribution in [0.25, 0.3) is 0 Å². The molecule has 0 aliphatic heterocycles. The molecule has 0 bridgehead atoms. The topological polar surface area (TPSA) is 62.4 Å². The molecule has 178 valence electrons. The molecule has 0 aliphatic carbocycles. The van der Waals surface area contributed by atoms with Crippen molar-refractivity contribution in [3.63, 3.8) is 0 Å². The standard InChI is InChI=1S/C28H33N3O2S/c1-20(21-14-8-5-9-15-21)29-26(34)30-24(22-16-10-6-11-17-22)25(23-18-12-7-13-19-23)31-27(32)33-28(2,3)4/h5-20,24-25H,1-4H3,(H,31,32)(H2,29,30,34)/t20-,24-,25-/m0/s1. The van der Waals surface area contributed by atoms with Gasteiger partial charge in [-0.15, -0.1) is 0 Å². The molecule has 3 aromatic carbocycles.